The van der Waals surface area contributed by atoms with Crippen molar-refractivity contribution >= 4 is 34.4 Å². The minimum Gasteiger partial charge on any atom is -0.507 e. The largest absolute Gasteiger partial charge is 0.507 e. The predicted molar refractivity (Wildman–Crippen MR) is 73.2 cm³/mol. The lowest BCUT2D eigenvalue weighted by Crippen LogP contribution is -2.28. The van der Waals surface area contributed by atoms with E-state index in [1.165, 1.54) is 6.07 Å². The molecule has 0 bridgehead atoms. The molecule has 0 aromatic heterocycles. The van der Waals surface area contributed by atoms with Crippen LogP contribution >= 0.6 is 22.6 Å². The molecular formula is C11H13IN2O4. The van der Waals surface area contributed by atoms with Crippen LogP contribution in [0.15, 0.2) is 18.2 Å². The fourth-order valence-electron chi connectivity index (χ4n) is 1.17. The van der Waals surface area contributed by atoms with Crippen molar-refractivity contribution in [3.63, 3.8) is 0 Å². The van der Waals surface area contributed by atoms with Crippen LogP contribution in [0.2, 0.25) is 0 Å². The van der Waals surface area contributed by atoms with E-state index in [9.17, 15) is 14.7 Å². The van der Waals surface area contributed by atoms with Crippen molar-refractivity contribution in [1.82, 2.24) is 5.32 Å². The molecule has 6 nitrogen and oxygen atoms in total. The van der Waals surface area contributed by atoms with Gasteiger partial charge in [0.1, 0.15) is 12.4 Å². The molecule has 0 aliphatic heterocycles. The lowest BCUT2D eigenvalue weighted by atomic mass is 10.2. The Balaban J connectivity index is 2.36. The molecule has 2 amide bonds. The van der Waals surface area contributed by atoms with Gasteiger partial charge in [-0.1, -0.05) is 0 Å². The van der Waals surface area contributed by atoms with E-state index in [0.29, 0.717) is 9.13 Å². The minimum atomic E-state index is -0.552. The van der Waals surface area contributed by atoms with Gasteiger partial charge in [0.25, 0.3) is 5.91 Å². The number of carbonyl (C=O) groups excluding carboxylic acids is 2. The van der Waals surface area contributed by atoms with Gasteiger partial charge in [-0.05, 0) is 40.8 Å². The number of halogens is 1. The van der Waals surface area contributed by atoms with Crippen LogP contribution in [0.5, 0.6) is 5.75 Å². The topological polar surface area (TPSA) is 102 Å². The number of aromatic hydroxyl groups is 1. The van der Waals surface area contributed by atoms with Crippen molar-refractivity contribution in [2.24, 2.45) is 5.73 Å². The minimum absolute atomic E-state index is 0.0632. The smallest absolute Gasteiger partial charge is 0.251 e. The maximum Gasteiger partial charge on any atom is 0.251 e. The second-order valence-corrected chi connectivity index (χ2v) is 4.60. The van der Waals surface area contributed by atoms with Crippen LogP contribution < -0.4 is 11.1 Å². The first-order valence-electron chi connectivity index (χ1n) is 5.13. The van der Waals surface area contributed by atoms with Gasteiger partial charge in [0.05, 0.1) is 10.2 Å². The van der Waals surface area contributed by atoms with Crippen LogP contribution in [0.4, 0.5) is 0 Å². The third-order valence-electron chi connectivity index (χ3n) is 1.98. The van der Waals surface area contributed by atoms with E-state index in [2.05, 4.69) is 5.32 Å². The number of amides is 2. The van der Waals surface area contributed by atoms with E-state index < -0.39 is 5.91 Å². The van der Waals surface area contributed by atoms with E-state index >= 15 is 0 Å². The van der Waals surface area contributed by atoms with Gasteiger partial charge in [-0.25, -0.2) is 0 Å². The van der Waals surface area contributed by atoms with Gasteiger partial charge in [-0.2, -0.15) is 0 Å². The zero-order valence-electron chi connectivity index (χ0n) is 9.48. The number of primary amides is 1. The van der Waals surface area contributed by atoms with E-state index in [-0.39, 0.29) is 31.4 Å². The maximum absolute atomic E-state index is 11.6. The number of nitrogens with two attached hydrogens (primary N) is 1. The number of hydrogen-bond acceptors (Lipinski definition) is 4. The summed E-state index contributed by atoms with van der Waals surface area (Å²) < 4.78 is 5.56. The first-order chi connectivity index (χ1) is 8.50. The fourth-order valence-corrected chi connectivity index (χ4v) is 1.50. The number of phenolic OH excluding ortho intramolecular Hbond substituents is 1. The summed E-state index contributed by atoms with van der Waals surface area (Å²) >= 11 is 1.96. The van der Waals surface area contributed by atoms with Crippen molar-refractivity contribution in [3.05, 3.63) is 27.3 Å². The molecule has 0 saturated heterocycles. The van der Waals surface area contributed by atoms with Gasteiger partial charge in [-0.15, -0.1) is 0 Å². The maximum atomic E-state index is 11.6. The second kappa shape index (κ2) is 7.17. The molecule has 4 N–H and O–H groups in total. The van der Waals surface area contributed by atoms with Crippen LogP contribution in [0.3, 0.4) is 0 Å². The number of rotatable bonds is 6. The van der Waals surface area contributed by atoms with Crippen LogP contribution in [0, 0.1) is 3.57 Å². The Morgan fingerprint density at radius 1 is 1.44 bits per heavy atom. The Morgan fingerprint density at radius 3 is 2.78 bits per heavy atom. The number of phenols is 1. The van der Waals surface area contributed by atoms with E-state index in [1.807, 2.05) is 22.6 Å². The highest BCUT2D eigenvalue weighted by Gasteiger charge is 2.07. The Morgan fingerprint density at radius 2 is 2.17 bits per heavy atom. The van der Waals surface area contributed by atoms with Crippen molar-refractivity contribution in [3.8, 4) is 5.75 Å². The van der Waals surface area contributed by atoms with Gasteiger partial charge >= 0.3 is 0 Å². The predicted octanol–water partition coefficient (Wildman–Crippen LogP) is 0.229. The first-order valence-corrected chi connectivity index (χ1v) is 6.21. The van der Waals surface area contributed by atoms with Gasteiger partial charge < -0.3 is 20.9 Å². The Labute approximate surface area is 118 Å². The highest BCUT2D eigenvalue weighted by atomic mass is 127. The number of benzene rings is 1. The molecule has 1 rings (SSSR count). The number of carbonyl (C=O) groups is 2. The molecule has 0 unspecified atom stereocenters. The van der Waals surface area contributed by atoms with Crippen molar-refractivity contribution in [1.29, 1.82) is 0 Å². The highest BCUT2D eigenvalue weighted by molar-refractivity contribution is 14.1. The molecule has 18 heavy (non-hydrogen) atoms. The molecule has 1 aromatic rings. The third kappa shape index (κ3) is 4.88. The van der Waals surface area contributed by atoms with Gasteiger partial charge in [-0.3, -0.25) is 9.59 Å². The van der Waals surface area contributed by atoms with Crippen molar-refractivity contribution < 1.29 is 19.4 Å². The molecule has 0 aliphatic rings. The van der Waals surface area contributed by atoms with Crippen molar-refractivity contribution in [2.45, 2.75) is 0 Å². The third-order valence-corrected chi connectivity index (χ3v) is 2.90. The zero-order chi connectivity index (χ0) is 13.5. The number of ether oxygens (including phenoxy) is 1. The summed E-state index contributed by atoms with van der Waals surface area (Å²) in [4.78, 5) is 22.0. The molecule has 0 fully saturated rings. The zero-order valence-corrected chi connectivity index (χ0v) is 11.6. The molecular weight excluding hydrogens is 351 g/mol. The summed E-state index contributed by atoms with van der Waals surface area (Å²) in [6.45, 7) is 0.296. The average Bonchev–Trinajstić information content (AvgIpc) is 2.31. The summed E-state index contributed by atoms with van der Waals surface area (Å²) in [6.07, 6.45) is 0. The highest BCUT2D eigenvalue weighted by Crippen LogP contribution is 2.20. The van der Waals surface area contributed by atoms with Crippen LogP contribution in [0.1, 0.15) is 10.4 Å². The first kappa shape index (κ1) is 14.7. The fraction of sp³-hybridized carbons (Fsp3) is 0.273. The van der Waals surface area contributed by atoms with Crippen molar-refractivity contribution in [2.75, 3.05) is 19.8 Å². The summed E-state index contributed by atoms with van der Waals surface area (Å²) in [5, 5.41) is 12.0. The summed E-state index contributed by atoms with van der Waals surface area (Å²) in [6, 6.07) is 4.65. The van der Waals surface area contributed by atoms with Crippen LogP contribution in [-0.4, -0.2) is 36.7 Å². The number of hydrogen-bond donors (Lipinski definition) is 3. The molecule has 0 saturated carbocycles. The van der Waals surface area contributed by atoms with E-state index in [4.69, 9.17) is 10.5 Å². The van der Waals surface area contributed by atoms with Crippen LogP contribution in [0.25, 0.3) is 0 Å². The number of nitrogens with one attached hydrogen (secondary N) is 1. The Bertz CT molecular complexity index is 451. The molecule has 7 heteroatoms. The summed E-state index contributed by atoms with van der Waals surface area (Å²) in [5.41, 5.74) is 5.24. The Hall–Kier alpha value is -1.35. The molecule has 0 radical (unpaired) electrons. The van der Waals surface area contributed by atoms with E-state index in [0.717, 1.165) is 0 Å². The lowest BCUT2D eigenvalue weighted by molar-refractivity contribution is -0.122. The summed E-state index contributed by atoms with van der Waals surface area (Å²) in [7, 11) is 0. The standard InChI is InChI=1S/C11H13IN2O4/c12-8-2-1-7(5-9(8)15)11(17)14-3-4-18-6-10(13)16/h1-2,5,15H,3-4,6H2,(H2,13,16)(H,14,17). The molecule has 0 heterocycles. The molecule has 0 aliphatic carbocycles. The second-order valence-electron chi connectivity index (χ2n) is 3.44. The van der Waals surface area contributed by atoms with Gasteiger partial charge in [0.2, 0.25) is 5.91 Å². The molecule has 0 spiro atoms. The molecule has 0 atom stereocenters. The SMILES string of the molecule is NC(=O)COCCNC(=O)c1ccc(I)c(O)c1. The van der Waals surface area contributed by atoms with Crippen LogP contribution in [-0.2, 0) is 9.53 Å². The summed E-state index contributed by atoms with van der Waals surface area (Å²) in [5.74, 6) is -0.804. The van der Waals surface area contributed by atoms with Gasteiger partial charge in [0.15, 0.2) is 0 Å². The molecule has 1 aromatic carbocycles. The molecule has 98 valence electrons. The monoisotopic (exact) mass is 364 g/mol. The lowest BCUT2D eigenvalue weighted by Gasteiger charge is -2.06. The average molecular weight is 364 g/mol. The van der Waals surface area contributed by atoms with E-state index in [1.54, 1.807) is 12.1 Å². The Kier molecular flexibility index (Phi) is 5.86. The van der Waals surface area contributed by atoms with Gasteiger partial charge in [0, 0.05) is 12.1 Å². The normalized spacial score (nSPS) is 10.1. The quantitative estimate of drug-likeness (QED) is 0.497.